The van der Waals surface area contributed by atoms with Gasteiger partial charge in [-0.2, -0.15) is 0 Å². The summed E-state index contributed by atoms with van der Waals surface area (Å²) in [6.45, 7) is 0.302. The number of ketones is 1. The Labute approximate surface area is 223 Å². The summed E-state index contributed by atoms with van der Waals surface area (Å²) in [6, 6.07) is 19.0. The number of ether oxygens (including phenoxy) is 3. The van der Waals surface area contributed by atoms with E-state index < -0.39 is 11.9 Å². The Balaban J connectivity index is 1.27. The zero-order chi connectivity index (χ0) is 26.6. The third-order valence-electron chi connectivity index (χ3n) is 6.20. The third-order valence-corrected chi connectivity index (χ3v) is 6.49. The molecule has 1 unspecified atom stereocenters. The molecule has 1 aliphatic heterocycles. The van der Waals surface area contributed by atoms with Crippen molar-refractivity contribution in [1.82, 2.24) is 9.97 Å². The van der Waals surface area contributed by atoms with Gasteiger partial charge < -0.3 is 19.3 Å². The number of methoxy groups -OCH3 is 1. The highest BCUT2D eigenvalue weighted by atomic mass is 35.5. The first kappa shape index (κ1) is 25.2. The van der Waals surface area contributed by atoms with Crippen molar-refractivity contribution in [3.05, 3.63) is 94.8 Å². The molecule has 0 amide bonds. The summed E-state index contributed by atoms with van der Waals surface area (Å²) in [7, 11) is 1.56. The van der Waals surface area contributed by atoms with Crippen molar-refractivity contribution in [2.75, 3.05) is 13.7 Å². The van der Waals surface area contributed by atoms with Crippen LogP contribution in [0.25, 0.3) is 11.3 Å². The Hall–Kier alpha value is -4.43. The molecular formula is C29H23ClN2O6. The maximum Gasteiger partial charge on any atom is 0.311 e. The molecule has 2 aromatic carbocycles. The molecule has 0 radical (unpaired) electrons. The van der Waals surface area contributed by atoms with Crippen LogP contribution >= 0.6 is 11.6 Å². The lowest BCUT2D eigenvalue weighted by Crippen LogP contribution is -2.20. The highest BCUT2D eigenvalue weighted by Crippen LogP contribution is 2.41. The van der Waals surface area contributed by atoms with Crippen LogP contribution in [0.1, 0.15) is 34.0 Å². The van der Waals surface area contributed by atoms with Crippen molar-refractivity contribution >= 4 is 23.4 Å². The average Bonchev–Trinajstić information content (AvgIpc) is 2.93. The van der Waals surface area contributed by atoms with Crippen molar-refractivity contribution in [1.29, 1.82) is 0 Å². The molecule has 9 heteroatoms. The van der Waals surface area contributed by atoms with Crippen molar-refractivity contribution in [2.24, 2.45) is 0 Å². The van der Waals surface area contributed by atoms with Crippen molar-refractivity contribution in [2.45, 2.75) is 18.8 Å². The molecule has 0 saturated carbocycles. The van der Waals surface area contributed by atoms with Gasteiger partial charge in [0, 0.05) is 40.7 Å². The molecule has 1 aliphatic rings. The fourth-order valence-electron chi connectivity index (χ4n) is 4.22. The van der Waals surface area contributed by atoms with Gasteiger partial charge in [-0.15, -0.1) is 0 Å². The fourth-order valence-corrected chi connectivity index (χ4v) is 4.43. The SMILES string of the molecule is COc1ccc(-c2cccc(CC(=O)c3ccc(Oc4cc5c(cc4Cl)C(C(=O)O)CCO5)cc3)n2)cn1. The Morgan fingerprint density at radius 2 is 1.92 bits per heavy atom. The minimum absolute atomic E-state index is 0.0889. The first-order valence-corrected chi connectivity index (χ1v) is 12.3. The van der Waals surface area contributed by atoms with Crippen molar-refractivity contribution in [3.63, 3.8) is 0 Å². The van der Waals surface area contributed by atoms with Crippen LogP contribution < -0.4 is 14.2 Å². The molecule has 4 aromatic rings. The Bertz CT molecular complexity index is 1490. The molecule has 1 atom stereocenters. The number of carboxylic acids is 1. The summed E-state index contributed by atoms with van der Waals surface area (Å²) in [5.41, 5.74) is 3.23. The molecule has 0 bridgehead atoms. The molecule has 1 N–H and O–H groups in total. The number of carboxylic acid groups (broad SMARTS) is 1. The summed E-state index contributed by atoms with van der Waals surface area (Å²) in [5, 5.41) is 9.74. The monoisotopic (exact) mass is 530 g/mol. The molecule has 2 aromatic heterocycles. The van der Waals surface area contributed by atoms with E-state index in [0.29, 0.717) is 53.0 Å². The number of hydrogen-bond donors (Lipinski definition) is 1. The number of aliphatic carboxylic acids is 1. The number of carbonyl (C=O) groups excluding carboxylic acids is 1. The summed E-state index contributed by atoms with van der Waals surface area (Å²) in [5.74, 6) is 0.0918. The summed E-state index contributed by atoms with van der Waals surface area (Å²) < 4.78 is 16.6. The Morgan fingerprint density at radius 3 is 2.63 bits per heavy atom. The van der Waals surface area contributed by atoms with Crippen LogP contribution in [0.2, 0.25) is 5.02 Å². The highest BCUT2D eigenvalue weighted by molar-refractivity contribution is 6.32. The smallest absolute Gasteiger partial charge is 0.311 e. The number of halogens is 1. The quantitative estimate of drug-likeness (QED) is 0.277. The topological polar surface area (TPSA) is 108 Å². The summed E-state index contributed by atoms with van der Waals surface area (Å²) >= 11 is 6.38. The molecule has 192 valence electrons. The highest BCUT2D eigenvalue weighted by Gasteiger charge is 2.29. The van der Waals surface area contributed by atoms with Crippen LogP contribution in [0.5, 0.6) is 23.1 Å². The molecule has 0 fully saturated rings. The molecule has 5 rings (SSSR count). The maximum atomic E-state index is 12.9. The van der Waals surface area contributed by atoms with Gasteiger partial charge in [0.2, 0.25) is 5.88 Å². The van der Waals surface area contributed by atoms with Gasteiger partial charge in [0.05, 0.1) is 36.8 Å². The number of pyridine rings is 2. The normalized spacial score (nSPS) is 14.2. The Kier molecular flexibility index (Phi) is 7.24. The largest absolute Gasteiger partial charge is 0.493 e. The number of nitrogens with zero attached hydrogens (tertiary/aromatic N) is 2. The molecule has 0 aliphatic carbocycles. The predicted molar refractivity (Wildman–Crippen MR) is 141 cm³/mol. The van der Waals surface area contributed by atoms with Gasteiger partial charge >= 0.3 is 5.97 Å². The van der Waals surface area contributed by atoms with Gasteiger partial charge in [-0.1, -0.05) is 17.7 Å². The molecule has 0 spiro atoms. The van der Waals surface area contributed by atoms with Crippen LogP contribution in [0, 0.1) is 0 Å². The van der Waals surface area contributed by atoms with Crippen LogP contribution in [0.4, 0.5) is 0 Å². The second-order valence-corrected chi connectivity index (χ2v) is 9.09. The van der Waals surface area contributed by atoms with Crippen LogP contribution in [-0.4, -0.2) is 40.5 Å². The van der Waals surface area contributed by atoms with E-state index >= 15 is 0 Å². The number of Topliss-reactive ketones (excluding diaryl/α,β-unsaturated/α-hetero) is 1. The van der Waals surface area contributed by atoms with E-state index in [9.17, 15) is 14.7 Å². The van der Waals surface area contributed by atoms with Gasteiger partial charge in [-0.3, -0.25) is 14.6 Å². The average molecular weight is 531 g/mol. The first-order chi connectivity index (χ1) is 18.4. The van der Waals surface area contributed by atoms with Crippen molar-refractivity contribution < 1.29 is 28.9 Å². The lowest BCUT2D eigenvalue weighted by Gasteiger charge is -2.24. The molecule has 38 heavy (non-hydrogen) atoms. The van der Waals surface area contributed by atoms with E-state index in [0.717, 1.165) is 11.3 Å². The van der Waals surface area contributed by atoms with Crippen LogP contribution in [-0.2, 0) is 11.2 Å². The second kappa shape index (κ2) is 10.9. The molecule has 3 heterocycles. The lowest BCUT2D eigenvalue weighted by atomic mass is 9.93. The zero-order valence-corrected chi connectivity index (χ0v) is 21.1. The third kappa shape index (κ3) is 5.45. The molecular weight excluding hydrogens is 508 g/mol. The minimum Gasteiger partial charge on any atom is -0.493 e. The molecule has 8 nitrogen and oxygen atoms in total. The molecule has 0 saturated heterocycles. The number of hydrogen-bond acceptors (Lipinski definition) is 7. The van der Waals surface area contributed by atoms with E-state index in [4.69, 9.17) is 25.8 Å². The second-order valence-electron chi connectivity index (χ2n) is 8.68. The number of aromatic nitrogens is 2. The van der Waals surface area contributed by atoms with E-state index in [2.05, 4.69) is 9.97 Å². The van der Waals surface area contributed by atoms with E-state index in [-0.39, 0.29) is 17.2 Å². The summed E-state index contributed by atoms with van der Waals surface area (Å²) in [6.07, 6.45) is 2.19. The van der Waals surface area contributed by atoms with Gasteiger partial charge in [0.15, 0.2) is 5.78 Å². The van der Waals surface area contributed by atoms with E-state index in [1.165, 1.54) is 0 Å². The standard InChI is InChI=1S/C29H23ClN2O6/c1-36-28-10-7-18(16-31-28)24-4-2-3-19(32-24)13-25(33)17-5-8-20(9-6-17)38-27-15-26-22(14-23(27)30)21(29(34)35)11-12-37-26/h2-10,14-16,21H,11-13H2,1H3,(H,34,35). The van der Waals surface area contributed by atoms with Crippen LogP contribution in [0.15, 0.2) is 72.9 Å². The summed E-state index contributed by atoms with van der Waals surface area (Å²) in [4.78, 5) is 33.3. The maximum absolute atomic E-state index is 12.9. The fraction of sp³-hybridized carbons (Fsp3) is 0.172. The van der Waals surface area contributed by atoms with Crippen molar-refractivity contribution in [3.8, 4) is 34.4 Å². The van der Waals surface area contributed by atoms with Crippen LogP contribution in [0.3, 0.4) is 0 Å². The first-order valence-electron chi connectivity index (χ1n) is 11.9. The van der Waals surface area contributed by atoms with Gasteiger partial charge in [0.25, 0.3) is 0 Å². The zero-order valence-electron chi connectivity index (χ0n) is 20.4. The van der Waals surface area contributed by atoms with Gasteiger partial charge in [-0.05, 0) is 55.0 Å². The minimum atomic E-state index is -0.917. The Morgan fingerprint density at radius 1 is 1.11 bits per heavy atom. The lowest BCUT2D eigenvalue weighted by molar-refractivity contribution is -0.139. The van der Waals surface area contributed by atoms with Gasteiger partial charge in [-0.25, -0.2) is 4.98 Å². The van der Waals surface area contributed by atoms with Gasteiger partial charge in [0.1, 0.15) is 17.2 Å². The van der Waals surface area contributed by atoms with E-state index in [1.807, 2.05) is 24.3 Å². The number of rotatable bonds is 8. The number of fused-ring (bicyclic) bond motifs is 1. The number of carbonyl (C=O) groups is 2. The van der Waals surface area contributed by atoms with E-state index in [1.54, 1.807) is 55.8 Å². The number of benzene rings is 2. The predicted octanol–water partition coefficient (Wildman–Crippen LogP) is 5.97.